The summed E-state index contributed by atoms with van der Waals surface area (Å²) < 4.78 is 53.8. The fraction of sp³-hybridized carbons (Fsp3) is 0.348. The molecule has 1 aromatic carbocycles. The fourth-order valence-corrected chi connectivity index (χ4v) is 3.98. The van der Waals surface area contributed by atoms with Gasteiger partial charge in [0.25, 0.3) is 6.43 Å². The Hall–Kier alpha value is -3.43. The van der Waals surface area contributed by atoms with Crippen LogP contribution < -0.4 is 5.32 Å². The van der Waals surface area contributed by atoms with Gasteiger partial charge in [-0.3, -0.25) is 4.79 Å². The van der Waals surface area contributed by atoms with Crippen LogP contribution in [0.2, 0.25) is 0 Å². The summed E-state index contributed by atoms with van der Waals surface area (Å²) in [5.74, 6) is -1.76. The van der Waals surface area contributed by atoms with Crippen molar-refractivity contribution >= 4 is 11.7 Å². The van der Waals surface area contributed by atoms with Crippen LogP contribution >= 0.6 is 0 Å². The molecule has 1 atom stereocenters. The molecule has 4 rings (SSSR count). The predicted molar refractivity (Wildman–Crippen MR) is 115 cm³/mol. The Balaban J connectivity index is 1.38. The van der Waals surface area contributed by atoms with E-state index in [1.54, 1.807) is 30.2 Å². The van der Waals surface area contributed by atoms with E-state index in [-0.39, 0.29) is 24.2 Å². The highest BCUT2D eigenvalue weighted by molar-refractivity contribution is 5.79. The number of aromatic nitrogens is 3. The van der Waals surface area contributed by atoms with Gasteiger partial charge in [0, 0.05) is 43.6 Å². The number of nitrogens with zero attached hydrogens (tertiary/aromatic N) is 4. The van der Waals surface area contributed by atoms with Crippen LogP contribution in [0.4, 0.5) is 23.4 Å². The summed E-state index contributed by atoms with van der Waals surface area (Å²) in [4.78, 5) is 22.8. The van der Waals surface area contributed by atoms with Crippen LogP contribution in [0.1, 0.15) is 29.9 Å². The van der Waals surface area contributed by atoms with Gasteiger partial charge in [0.1, 0.15) is 5.82 Å². The van der Waals surface area contributed by atoms with Crippen LogP contribution in [-0.4, -0.2) is 44.5 Å². The zero-order valence-electron chi connectivity index (χ0n) is 18.2. The minimum atomic E-state index is -2.66. The molecule has 3 aromatic rings. The van der Waals surface area contributed by atoms with Crippen molar-refractivity contribution < 1.29 is 22.4 Å². The summed E-state index contributed by atoms with van der Waals surface area (Å²) in [5, 5.41) is 3.30. The van der Waals surface area contributed by atoms with Gasteiger partial charge in [-0.25, -0.2) is 27.5 Å². The van der Waals surface area contributed by atoms with Crippen molar-refractivity contribution in [2.24, 2.45) is 7.05 Å². The molecule has 1 aliphatic heterocycles. The highest BCUT2D eigenvalue weighted by atomic mass is 19.3. The van der Waals surface area contributed by atoms with Gasteiger partial charge in [0.15, 0.2) is 17.5 Å². The van der Waals surface area contributed by atoms with E-state index >= 15 is 0 Å². The molecule has 33 heavy (non-hydrogen) atoms. The molecule has 0 unspecified atom stereocenters. The molecule has 1 fully saturated rings. The number of rotatable bonds is 6. The first-order chi connectivity index (χ1) is 15.7. The number of carbonyl (C=O) groups excluding carboxylic acids is 1. The molecule has 1 amide bonds. The Morgan fingerprint density at radius 2 is 1.97 bits per heavy atom. The number of aryl methyl sites for hydroxylation is 2. The van der Waals surface area contributed by atoms with E-state index in [0.717, 1.165) is 12.1 Å². The summed E-state index contributed by atoms with van der Waals surface area (Å²) in [5.41, 5.74) is 2.16. The quantitative estimate of drug-likeness (QED) is 0.558. The highest BCUT2D eigenvalue weighted by Crippen LogP contribution is 2.27. The average Bonchev–Trinajstić information content (AvgIpc) is 3.37. The number of pyridine rings is 1. The highest BCUT2D eigenvalue weighted by Gasteiger charge is 2.27. The van der Waals surface area contributed by atoms with Gasteiger partial charge in [0.05, 0.1) is 12.1 Å². The number of hydrogen-bond donors (Lipinski definition) is 1. The van der Waals surface area contributed by atoms with Gasteiger partial charge in [-0.15, -0.1) is 0 Å². The first-order valence-electron chi connectivity index (χ1n) is 10.5. The molecule has 0 saturated carbocycles. The van der Waals surface area contributed by atoms with E-state index < -0.39 is 18.1 Å². The molecule has 2 aromatic heterocycles. The number of imidazole rings is 1. The van der Waals surface area contributed by atoms with E-state index in [1.807, 2.05) is 0 Å². The molecular formula is C23H23F4N5O. The third-order valence-corrected chi connectivity index (χ3v) is 5.70. The summed E-state index contributed by atoms with van der Waals surface area (Å²) in [6.07, 6.45) is -0.399. The Kier molecular flexibility index (Phi) is 6.35. The lowest BCUT2D eigenvalue weighted by molar-refractivity contribution is -0.129. The first-order valence-corrected chi connectivity index (χ1v) is 10.5. The average molecular weight is 461 g/mol. The molecule has 3 heterocycles. The summed E-state index contributed by atoms with van der Waals surface area (Å²) >= 11 is 0. The molecule has 0 radical (unpaired) electrons. The number of halogens is 4. The zero-order valence-corrected chi connectivity index (χ0v) is 18.2. The maximum Gasteiger partial charge on any atom is 0.295 e. The van der Waals surface area contributed by atoms with Gasteiger partial charge in [-0.2, -0.15) is 0 Å². The summed E-state index contributed by atoms with van der Waals surface area (Å²) in [6.45, 7) is 2.79. The maximum atomic E-state index is 13.4. The number of anilines is 1. The number of likely N-dealkylation sites (tertiary alicyclic amines) is 1. The SMILES string of the molecule is Cc1nc(N[C@H]2CCN(C(=O)Cc3ccc(F)c(F)c3)C2)ccc1-c1cn(C)c(C(F)F)n1. The van der Waals surface area contributed by atoms with Crippen LogP contribution in [-0.2, 0) is 18.3 Å². The Morgan fingerprint density at radius 1 is 1.18 bits per heavy atom. The van der Waals surface area contributed by atoms with E-state index in [0.29, 0.717) is 47.8 Å². The number of carbonyl (C=O) groups is 1. The second-order valence-electron chi connectivity index (χ2n) is 8.12. The number of amides is 1. The second kappa shape index (κ2) is 9.21. The van der Waals surface area contributed by atoms with Gasteiger partial charge in [0.2, 0.25) is 5.91 Å². The fourth-order valence-electron chi connectivity index (χ4n) is 3.98. The summed E-state index contributed by atoms with van der Waals surface area (Å²) in [6, 6.07) is 6.98. The van der Waals surface area contributed by atoms with Crippen molar-refractivity contribution in [3.63, 3.8) is 0 Å². The van der Waals surface area contributed by atoms with Crippen molar-refractivity contribution in [2.75, 3.05) is 18.4 Å². The van der Waals surface area contributed by atoms with Crippen LogP contribution in [0.5, 0.6) is 0 Å². The van der Waals surface area contributed by atoms with Crippen molar-refractivity contribution in [1.29, 1.82) is 0 Å². The molecular weight excluding hydrogens is 438 g/mol. The Bertz CT molecular complexity index is 1180. The number of alkyl halides is 2. The van der Waals surface area contributed by atoms with E-state index in [9.17, 15) is 22.4 Å². The Labute approximate surface area is 188 Å². The van der Waals surface area contributed by atoms with Crippen LogP contribution in [0, 0.1) is 18.6 Å². The second-order valence-corrected chi connectivity index (χ2v) is 8.12. The molecule has 174 valence electrons. The topological polar surface area (TPSA) is 63.1 Å². The molecule has 10 heteroatoms. The predicted octanol–water partition coefficient (Wildman–Crippen LogP) is 4.26. The van der Waals surface area contributed by atoms with Gasteiger partial charge >= 0.3 is 0 Å². The molecule has 6 nitrogen and oxygen atoms in total. The normalized spacial score (nSPS) is 16.0. The Morgan fingerprint density at radius 3 is 2.64 bits per heavy atom. The molecule has 1 N–H and O–H groups in total. The maximum absolute atomic E-state index is 13.4. The lowest BCUT2D eigenvalue weighted by Crippen LogP contribution is -2.32. The summed E-state index contributed by atoms with van der Waals surface area (Å²) in [7, 11) is 1.52. The third-order valence-electron chi connectivity index (χ3n) is 5.70. The monoisotopic (exact) mass is 461 g/mol. The zero-order chi connectivity index (χ0) is 23.7. The molecule has 0 spiro atoms. The van der Waals surface area contributed by atoms with Crippen LogP contribution in [0.15, 0.2) is 36.5 Å². The molecule has 0 aliphatic carbocycles. The minimum Gasteiger partial charge on any atom is -0.365 e. The molecule has 1 aliphatic rings. The number of nitrogens with one attached hydrogen (secondary N) is 1. The van der Waals surface area contributed by atoms with Gasteiger partial charge in [-0.1, -0.05) is 6.07 Å². The lowest BCUT2D eigenvalue weighted by atomic mass is 10.1. The molecule has 1 saturated heterocycles. The smallest absolute Gasteiger partial charge is 0.295 e. The van der Waals surface area contributed by atoms with Crippen molar-refractivity contribution in [1.82, 2.24) is 19.4 Å². The lowest BCUT2D eigenvalue weighted by Gasteiger charge is -2.18. The number of hydrogen-bond acceptors (Lipinski definition) is 4. The molecule has 0 bridgehead atoms. The number of benzene rings is 1. The van der Waals surface area contributed by atoms with Crippen molar-refractivity contribution in [3.8, 4) is 11.3 Å². The minimum absolute atomic E-state index is 0.000651. The van der Waals surface area contributed by atoms with E-state index in [1.165, 1.54) is 17.7 Å². The van der Waals surface area contributed by atoms with Crippen molar-refractivity contribution in [2.45, 2.75) is 32.2 Å². The van der Waals surface area contributed by atoms with Gasteiger partial charge in [-0.05, 0) is 43.2 Å². The van der Waals surface area contributed by atoms with Crippen molar-refractivity contribution in [3.05, 3.63) is 65.2 Å². The van der Waals surface area contributed by atoms with E-state index in [2.05, 4.69) is 15.3 Å². The van der Waals surface area contributed by atoms with Crippen LogP contribution in [0.3, 0.4) is 0 Å². The first kappa shape index (κ1) is 22.8. The standard InChI is InChI=1S/C23H23F4N5O/c1-13-16(19-12-31(2)23(30-19)22(26)27)4-6-20(28-13)29-15-7-8-32(11-15)21(33)10-14-3-5-17(24)18(25)9-14/h3-6,9,12,15,22H,7-8,10-11H2,1-2H3,(H,28,29)/t15-/m0/s1. The van der Waals surface area contributed by atoms with Gasteiger partial charge < -0.3 is 14.8 Å². The largest absolute Gasteiger partial charge is 0.365 e. The third kappa shape index (κ3) is 4.99. The van der Waals surface area contributed by atoms with E-state index in [4.69, 9.17) is 0 Å². The van der Waals surface area contributed by atoms with Crippen LogP contribution in [0.25, 0.3) is 11.3 Å².